The number of anilines is 1. The van der Waals surface area contributed by atoms with Crippen molar-refractivity contribution < 1.29 is 13.2 Å². The number of rotatable bonds is 4. The van der Waals surface area contributed by atoms with Crippen LogP contribution in [0.3, 0.4) is 0 Å². The molecule has 5 rings (SSSR count). The summed E-state index contributed by atoms with van der Waals surface area (Å²) in [6.07, 6.45) is 0. The molecule has 4 aromatic carbocycles. The molecular formula is C24H17F3N2PSSe+. The molecule has 0 amide bonds. The Morgan fingerprint density at radius 1 is 0.688 bits per heavy atom. The maximum absolute atomic E-state index is 14.4. The molecule has 0 spiro atoms. The average molecular weight is 532 g/mol. The van der Waals surface area contributed by atoms with Gasteiger partial charge < -0.3 is 0 Å². The van der Waals surface area contributed by atoms with Gasteiger partial charge in [0.1, 0.15) is 0 Å². The van der Waals surface area contributed by atoms with Gasteiger partial charge in [0.2, 0.25) is 0 Å². The van der Waals surface area contributed by atoms with Gasteiger partial charge in [-0.25, -0.2) is 0 Å². The second-order valence-corrected chi connectivity index (χ2v) is 15.3. The number of benzene rings is 4. The molecule has 8 heteroatoms. The molecule has 0 fully saturated rings. The van der Waals surface area contributed by atoms with E-state index in [1.54, 1.807) is 0 Å². The minimum absolute atomic E-state index is 0.0955. The predicted molar refractivity (Wildman–Crippen MR) is 130 cm³/mol. The summed E-state index contributed by atoms with van der Waals surface area (Å²) in [5, 5.41) is 3.14. The second kappa shape index (κ2) is 8.84. The molecule has 0 unspecified atom stereocenters. The Hall–Kier alpha value is -2.43. The zero-order valence-electron chi connectivity index (χ0n) is 16.6. The van der Waals surface area contributed by atoms with Crippen molar-refractivity contribution in [3.8, 4) is 0 Å². The van der Waals surface area contributed by atoms with Gasteiger partial charge in [0.05, 0.1) is 0 Å². The van der Waals surface area contributed by atoms with Gasteiger partial charge in [0, 0.05) is 0 Å². The Morgan fingerprint density at radius 2 is 1.16 bits per heavy atom. The molecule has 160 valence electrons. The molecule has 1 heterocycles. The first-order valence-electron chi connectivity index (χ1n) is 9.75. The predicted octanol–water partition coefficient (Wildman–Crippen LogP) is 4.40. The van der Waals surface area contributed by atoms with Crippen LogP contribution in [0.15, 0.2) is 101 Å². The Morgan fingerprint density at radius 3 is 1.62 bits per heavy atom. The molecule has 0 radical (unpaired) electrons. The summed E-state index contributed by atoms with van der Waals surface area (Å²) in [5.74, 6) is -2.96. The van der Waals surface area contributed by atoms with E-state index in [1.165, 1.54) is 0 Å². The monoisotopic (exact) mass is 533 g/mol. The number of hydrogen-bond acceptors (Lipinski definition) is 1. The Balaban J connectivity index is 1.76. The second-order valence-electron chi connectivity index (χ2n) is 7.02. The van der Waals surface area contributed by atoms with Gasteiger partial charge in [-0.3, -0.25) is 0 Å². The average Bonchev–Trinajstić information content (AvgIpc) is 3.27. The molecule has 0 bridgehead atoms. The molecular weight excluding hydrogens is 515 g/mol. The van der Waals surface area contributed by atoms with Crippen LogP contribution >= 0.6 is 7.41 Å². The molecule has 1 aliphatic rings. The van der Waals surface area contributed by atoms with E-state index in [2.05, 4.69) is 41.1 Å². The van der Waals surface area contributed by atoms with Crippen molar-refractivity contribution in [2.75, 3.05) is 4.72 Å². The Kier molecular flexibility index (Phi) is 5.91. The summed E-state index contributed by atoms with van der Waals surface area (Å²) in [6, 6.07) is 30.7. The van der Waals surface area contributed by atoms with E-state index >= 15 is 0 Å². The molecule has 0 saturated carbocycles. The van der Waals surface area contributed by atoms with E-state index in [0.717, 1.165) is 15.9 Å². The third-order valence-electron chi connectivity index (χ3n) is 5.06. The molecule has 0 saturated heterocycles. The zero-order valence-corrected chi connectivity index (χ0v) is 20.0. The van der Waals surface area contributed by atoms with Crippen LogP contribution in [0.25, 0.3) is 0 Å². The fourth-order valence-electron chi connectivity index (χ4n) is 3.61. The van der Waals surface area contributed by atoms with Gasteiger partial charge in [0.15, 0.2) is 0 Å². The van der Waals surface area contributed by atoms with Crippen molar-refractivity contribution in [3.05, 3.63) is 115 Å². The van der Waals surface area contributed by atoms with Crippen molar-refractivity contribution in [2.45, 2.75) is 0 Å². The number of hydrogen-bond donors (Lipinski definition) is 1. The van der Waals surface area contributed by atoms with E-state index in [1.807, 2.05) is 54.6 Å². The van der Waals surface area contributed by atoms with Gasteiger partial charge in [-0.05, 0) is 0 Å². The summed E-state index contributed by atoms with van der Waals surface area (Å²) in [7, 11) is -3.40. The van der Waals surface area contributed by atoms with Crippen molar-refractivity contribution in [3.63, 3.8) is 0 Å². The van der Waals surface area contributed by atoms with Crippen molar-refractivity contribution in [1.82, 2.24) is 0 Å². The van der Waals surface area contributed by atoms with Crippen LogP contribution in [0, 0.1) is 17.5 Å². The van der Waals surface area contributed by atoms with Gasteiger partial charge in [0.25, 0.3) is 0 Å². The van der Waals surface area contributed by atoms with Crippen LogP contribution in [-0.4, -0.2) is 13.8 Å². The Bertz CT molecular complexity index is 1210. The van der Waals surface area contributed by atoms with Gasteiger partial charge in [-0.1, -0.05) is 0 Å². The van der Waals surface area contributed by atoms with Crippen LogP contribution in [0.4, 0.5) is 18.9 Å². The molecule has 1 N–H and O–H groups in total. The Labute approximate surface area is 192 Å². The van der Waals surface area contributed by atoms with E-state index in [-0.39, 0.29) is 10.1 Å². The van der Waals surface area contributed by atoms with Gasteiger partial charge in [-0.15, -0.1) is 0 Å². The van der Waals surface area contributed by atoms with E-state index < -0.39 is 48.0 Å². The summed E-state index contributed by atoms with van der Waals surface area (Å²) in [5.41, 5.74) is -0.0955. The van der Waals surface area contributed by atoms with Crippen LogP contribution in [0.5, 0.6) is 0 Å². The van der Waals surface area contributed by atoms with E-state index in [9.17, 15) is 13.2 Å². The first-order chi connectivity index (χ1) is 15.6. The molecule has 0 aliphatic carbocycles. The topological polar surface area (TPSA) is 24.4 Å². The van der Waals surface area contributed by atoms with E-state index in [4.69, 9.17) is 4.13 Å². The summed E-state index contributed by atoms with van der Waals surface area (Å²) < 4.78 is 51.3. The third-order valence-corrected chi connectivity index (χ3v) is 15.1. The molecule has 4 aromatic rings. The molecule has 0 aromatic heterocycles. The van der Waals surface area contributed by atoms with Crippen LogP contribution < -0.4 is 25.1 Å². The van der Waals surface area contributed by atoms with Crippen molar-refractivity contribution in [2.24, 2.45) is 4.13 Å². The first-order valence-corrected chi connectivity index (χ1v) is 15.6. The zero-order chi connectivity index (χ0) is 22.1. The summed E-state index contributed by atoms with van der Waals surface area (Å²) >= 11 is -0.516. The van der Waals surface area contributed by atoms with Crippen molar-refractivity contribution >= 4 is 56.6 Å². The summed E-state index contributed by atoms with van der Waals surface area (Å²) in [6.45, 7) is 0. The van der Waals surface area contributed by atoms with Crippen LogP contribution in [0.1, 0.15) is 0 Å². The van der Waals surface area contributed by atoms with Gasteiger partial charge in [-0.2, -0.15) is 0 Å². The normalized spacial score (nSPS) is 15.4. The third kappa shape index (κ3) is 3.70. The van der Waals surface area contributed by atoms with Gasteiger partial charge >= 0.3 is 193 Å². The number of halogens is 3. The molecule has 32 heavy (non-hydrogen) atoms. The molecule has 2 nitrogen and oxygen atoms in total. The van der Waals surface area contributed by atoms with Crippen molar-refractivity contribution in [1.29, 1.82) is 0 Å². The fourth-order valence-corrected chi connectivity index (χ4v) is 15.2. The van der Waals surface area contributed by atoms with E-state index in [0.29, 0.717) is 6.07 Å². The fraction of sp³-hybridized carbons (Fsp3) is 0. The first kappa shape index (κ1) is 21.4. The minimum atomic E-state index is -2.52. The quantitative estimate of drug-likeness (QED) is 0.235. The standard InChI is InChI=1S/C24H17F3N2PSSe/c25-20-16-21(26)24-23(22(20)27)28-31(32-24)29-30(17-10-4-1-5-11-17,18-12-6-2-7-13-18)19-14-8-3-9-15-19/h1-16H,(H,28,29)/q+1/t31-/m0/s1. The SMILES string of the molecule is Fc1cc(F)c2c(c1F)N/[S@@](=N\[P+](c1ccccc1)(c1ccccc1)c1ccccc1)[Se]2. The molecule has 1 atom stereocenters. The summed E-state index contributed by atoms with van der Waals surface area (Å²) in [4.78, 5) is 0. The van der Waals surface area contributed by atoms with Crippen LogP contribution in [0.2, 0.25) is 0 Å². The van der Waals surface area contributed by atoms with Crippen LogP contribution in [-0.2, 0) is 9.30 Å². The number of nitrogens with one attached hydrogen (secondary N) is 1. The molecule has 1 aliphatic heterocycles. The maximum atomic E-state index is 14.4. The number of fused-ring (bicyclic) bond motifs is 1. The number of nitrogens with zero attached hydrogens (tertiary/aromatic N) is 1.